The molecule has 1 unspecified atom stereocenters. The molecule has 0 amide bonds. The number of piperidine rings is 2. The van der Waals surface area contributed by atoms with Crippen LogP contribution in [0, 0.1) is 0 Å². The van der Waals surface area contributed by atoms with Crippen molar-refractivity contribution in [1.29, 1.82) is 0 Å². The Kier molecular flexibility index (Phi) is 3.48. The Balaban J connectivity index is 1.37. The molecule has 6 heteroatoms. The van der Waals surface area contributed by atoms with E-state index in [2.05, 4.69) is 31.5 Å². The van der Waals surface area contributed by atoms with Crippen LogP contribution < -0.4 is 26.6 Å². The van der Waals surface area contributed by atoms with Crippen LogP contribution in [0.5, 0.6) is 0 Å². The number of hydrogen-bond acceptors (Lipinski definition) is 6. The lowest BCUT2D eigenvalue weighted by Gasteiger charge is -2.36. The number of nitrogens with zero attached hydrogens (tertiary/aromatic N) is 1. The third-order valence-electron chi connectivity index (χ3n) is 5.73. The van der Waals surface area contributed by atoms with E-state index in [1.807, 2.05) is 0 Å². The molecule has 4 heterocycles. The Bertz CT molecular complexity index is 314. The van der Waals surface area contributed by atoms with Crippen LogP contribution in [-0.4, -0.2) is 68.2 Å². The predicted molar refractivity (Wildman–Crippen MR) is 79.3 cm³/mol. The van der Waals surface area contributed by atoms with Crippen LogP contribution in [0.1, 0.15) is 25.7 Å². The van der Waals surface area contributed by atoms with Crippen LogP contribution in [0.4, 0.5) is 0 Å². The Morgan fingerprint density at radius 2 is 1.50 bits per heavy atom. The van der Waals surface area contributed by atoms with E-state index in [1.54, 1.807) is 0 Å². The van der Waals surface area contributed by atoms with Gasteiger partial charge >= 0.3 is 0 Å². The second kappa shape index (κ2) is 5.19. The van der Waals surface area contributed by atoms with E-state index in [4.69, 9.17) is 0 Å². The van der Waals surface area contributed by atoms with E-state index in [1.165, 1.54) is 32.2 Å². The maximum Gasteiger partial charge on any atom is 0.116 e. The molecule has 0 bridgehead atoms. The molecule has 1 atom stereocenters. The van der Waals surface area contributed by atoms with E-state index in [-0.39, 0.29) is 0 Å². The second-order valence-electron chi connectivity index (χ2n) is 7.07. The summed E-state index contributed by atoms with van der Waals surface area (Å²) >= 11 is 0. The Hall–Kier alpha value is -0.240. The lowest BCUT2D eigenvalue weighted by atomic mass is 9.89. The van der Waals surface area contributed by atoms with Gasteiger partial charge in [0.1, 0.15) is 6.29 Å². The van der Waals surface area contributed by atoms with Crippen molar-refractivity contribution in [3.8, 4) is 0 Å². The van der Waals surface area contributed by atoms with Gasteiger partial charge in [-0.2, -0.15) is 0 Å². The van der Waals surface area contributed by atoms with Crippen LogP contribution in [0.2, 0.25) is 0 Å². The number of nitrogens with one attached hydrogen (secondary N) is 5. The highest BCUT2D eigenvalue weighted by atomic mass is 15.5. The highest BCUT2D eigenvalue weighted by Crippen LogP contribution is 2.28. The molecule has 4 aliphatic heterocycles. The largest absolute Gasteiger partial charge is 0.317 e. The van der Waals surface area contributed by atoms with Crippen molar-refractivity contribution in [1.82, 2.24) is 31.5 Å². The fraction of sp³-hybridized carbons (Fsp3) is 1.00. The summed E-state index contributed by atoms with van der Waals surface area (Å²) in [5.74, 6) is 0. The van der Waals surface area contributed by atoms with Gasteiger partial charge in [0.25, 0.3) is 0 Å². The SMILES string of the molecule is C1CC2(CCN1)CN(C1NCC3(CCNCC3)N1)CN2. The molecular weight excluding hydrogens is 252 g/mol. The van der Waals surface area contributed by atoms with Gasteiger partial charge in [0.2, 0.25) is 0 Å². The van der Waals surface area contributed by atoms with Crippen LogP contribution in [-0.2, 0) is 0 Å². The van der Waals surface area contributed by atoms with E-state index < -0.39 is 0 Å². The quantitative estimate of drug-likeness (QED) is 0.406. The zero-order valence-electron chi connectivity index (χ0n) is 12.3. The molecule has 114 valence electrons. The molecule has 0 aromatic carbocycles. The van der Waals surface area contributed by atoms with E-state index >= 15 is 0 Å². The molecule has 0 radical (unpaired) electrons. The fourth-order valence-corrected chi connectivity index (χ4v) is 4.32. The maximum absolute atomic E-state index is 3.89. The number of rotatable bonds is 1. The summed E-state index contributed by atoms with van der Waals surface area (Å²) in [5, 5.41) is 18.3. The normalized spacial score (nSPS) is 36.9. The van der Waals surface area contributed by atoms with Crippen LogP contribution >= 0.6 is 0 Å². The van der Waals surface area contributed by atoms with Gasteiger partial charge in [-0.25, -0.2) is 0 Å². The van der Waals surface area contributed by atoms with Gasteiger partial charge in [-0.3, -0.25) is 20.9 Å². The monoisotopic (exact) mass is 280 g/mol. The van der Waals surface area contributed by atoms with Gasteiger partial charge in [-0.15, -0.1) is 0 Å². The molecule has 5 N–H and O–H groups in total. The average molecular weight is 280 g/mol. The first-order chi connectivity index (χ1) is 9.79. The Labute approximate surface area is 121 Å². The van der Waals surface area contributed by atoms with E-state index in [9.17, 15) is 0 Å². The van der Waals surface area contributed by atoms with Crippen molar-refractivity contribution in [2.24, 2.45) is 0 Å². The molecule has 0 aromatic rings. The van der Waals surface area contributed by atoms with Crippen molar-refractivity contribution in [2.75, 3.05) is 45.9 Å². The van der Waals surface area contributed by atoms with Gasteiger partial charge in [0, 0.05) is 24.2 Å². The molecular formula is C14H28N6. The maximum atomic E-state index is 3.89. The van der Waals surface area contributed by atoms with Crippen LogP contribution in [0.25, 0.3) is 0 Å². The van der Waals surface area contributed by atoms with Gasteiger partial charge in [0.05, 0.1) is 6.67 Å². The molecule has 0 saturated carbocycles. The summed E-state index contributed by atoms with van der Waals surface area (Å²) < 4.78 is 0. The molecule has 4 fully saturated rings. The summed E-state index contributed by atoms with van der Waals surface area (Å²) in [7, 11) is 0. The fourth-order valence-electron chi connectivity index (χ4n) is 4.32. The Morgan fingerprint density at radius 3 is 2.20 bits per heavy atom. The summed E-state index contributed by atoms with van der Waals surface area (Å²) in [5.41, 5.74) is 0.693. The summed E-state index contributed by atoms with van der Waals surface area (Å²) in [4.78, 5) is 2.56. The van der Waals surface area contributed by atoms with Gasteiger partial charge in [0.15, 0.2) is 0 Å². The van der Waals surface area contributed by atoms with Crippen LogP contribution in [0.15, 0.2) is 0 Å². The van der Waals surface area contributed by atoms with Crippen molar-refractivity contribution in [2.45, 2.75) is 43.1 Å². The van der Waals surface area contributed by atoms with Crippen LogP contribution in [0.3, 0.4) is 0 Å². The third-order valence-corrected chi connectivity index (χ3v) is 5.73. The van der Waals surface area contributed by atoms with Crippen molar-refractivity contribution < 1.29 is 0 Å². The van der Waals surface area contributed by atoms with Gasteiger partial charge in [-0.1, -0.05) is 0 Å². The smallest absolute Gasteiger partial charge is 0.116 e. The van der Waals surface area contributed by atoms with Gasteiger partial charge < -0.3 is 10.6 Å². The molecule has 0 aliphatic carbocycles. The molecule has 0 aromatic heterocycles. The van der Waals surface area contributed by atoms with E-state index in [0.717, 1.165) is 39.4 Å². The standard InChI is InChI=1S/C14H28N6/c1-5-15-6-2-13(1)9-17-12(19-13)20-10-14(18-11-20)3-7-16-8-4-14/h12,15-19H,1-11H2. The summed E-state index contributed by atoms with van der Waals surface area (Å²) in [6, 6.07) is 0. The third kappa shape index (κ3) is 2.38. The highest BCUT2D eigenvalue weighted by Gasteiger charge is 2.45. The Morgan fingerprint density at radius 1 is 0.850 bits per heavy atom. The second-order valence-corrected chi connectivity index (χ2v) is 7.07. The lowest BCUT2D eigenvalue weighted by Crippen LogP contribution is -2.56. The zero-order valence-corrected chi connectivity index (χ0v) is 12.3. The van der Waals surface area contributed by atoms with Crippen molar-refractivity contribution >= 4 is 0 Å². The average Bonchev–Trinajstić information content (AvgIpc) is 3.07. The molecule has 2 spiro atoms. The van der Waals surface area contributed by atoms with Crippen molar-refractivity contribution in [3.63, 3.8) is 0 Å². The molecule has 4 saturated heterocycles. The number of hydrogen-bond donors (Lipinski definition) is 5. The summed E-state index contributed by atoms with van der Waals surface area (Å²) in [6.07, 6.45) is 5.35. The van der Waals surface area contributed by atoms with E-state index in [0.29, 0.717) is 17.4 Å². The first kappa shape index (κ1) is 13.4. The minimum Gasteiger partial charge on any atom is -0.317 e. The molecule has 6 nitrogen and oxygen atoms in total. The first-order valence-corrected chi connectivity index (χ1v) is 8.21. The minimum atomic E-state index is 0.333. The topological polar surface area (TPSA) is 63.4 Å². The minimum absolute atomic E-state index is 0.333. The van der Waals surface area contributed by atoms with Crippen molar-refractivity contribution in [3.05, 3.63) is 0 Å². The first-order valence-electron chi connectivity index (χ1n) is 8.21. The van der Waals surface area contributed by atoms with Gasteiger partial charge in [-0.05, 0) is 51.9 Å². The zero-order chi connectivity index (χ0) is 13.5. The molecule has 4 rings (SSSR count). The summed E-state index contributed by atoms with van der Waals surface area (Å²) in [6.45, 7) is 7.91. The predicted octanol–water partition coefficient (Wildman–Crippen LogP) is -1.43. The molecule has 20 heavy (non-hydrogen) atoms. The highest BCUT2D eigenvalue weighted by molar-refractivity contribution is 5.05. The molecule has 4 aliphatic rings. The lowest BCUT2D eigenvalue weighted by molar-refractivity contribution is 0.160.